The van der Waals surface area contributed by atoms with E-state index in [0.29, 0.717) is 11.3 Å². The molecule has 4 nitrogen and oxygen atoms in total. The molecule has 0 N–H and O–H groups in total. The summed E-state index contributed by atoms with van der Waals surface area (Å²) in [5.74, 6) is 0.289. The molecule has 0 bridgehead atoms. The molecular weight excluding hydrogens is 374 g/mol. The lowest BCUT2D eigenvalue weighted by molar-refractivity contribution is 0.0339. The molecule has 1 fully saturated rings. The van der Waals surface area contributed by atoms with E-state index in [1.807, 2.05) is 66.7 Å². The van der Waals surface area contributed by atoms with Crippen LogP contribution in [0.4, 0.5) is 0 Å². The molecule has 0 aliphatic carbocycles. The van der Waals surface area contributed by atoms with Crippen LogP contribution in [0.15, 0.2) is 78.9 Å². The summed E-state index contributed by atoms with van der Waals surface area (Å²) in [7, 11) is 0. The molecule has 0 radical (unpaired) electrons. The van der Waals surface area contributed by atoms with Crippen molar-refractivity contribution in [2.24, 2.45) is 0 Å². The van der Waals surface area contributed by atoms with Gasteiger partial charge in [-0.1, -0.05) is 60.7 Å². The Hall–Kier alpha value is -3.21. The minimum absolute atomic E-state index is 0.334. The highest BCUT2D eigenvalue weighted by Crippen LogP contribution is 2.30. The molecule has 0 unspecified atom stereocenters. The first-order valence-corrected chi connectivity index (χ1v) is 10.3. The fourth-order valence-electron chi connectivity index (χ4n) is 4.03. The van der Waals surface area contributed by atoms with E-state index in [1.54, 1.807) is 0 Å². The van der Waals surface area contributed by atoms with E-state index < -0.39 is 0 Å². The fraction of sp³-hybridized carbons (Fsp3) is 0.192. The van der Waals surface area contributed by atoms with Crippen molar-refractivity contribution in [3.8, 4) is 5.75 Å². The van der Waals surface area contributed by atoms with Crippen molar-refractivity contribution in [3.05, 3.63) is 90.0 Å². The minimum atomic E-state index is -0.334. The molecule has 0 atom stereocenters. The highest BCUT2D eigenvalue weighted by Gasteiger charge is 2.18. The smallest absolute Gasteiger partial charge is 0.343 e. The monoisotopic (exact) mass is 397 g/mol. The average Bonchev–Trinajstić information content (AvgIpc) is 2.81. The Kier molecular flexibility index (Phi) is 5.18. The number of nitrogens with zero attached hydrogens (tertiary/aromatic N) is 1. The van der Waals surface area contributed by atoms with E-state index in [-0.39, 0.29) is 5.97 Å². The molecule has 1 aliphatic heterocycles. The summed E-state index contributed by atoms with van der Waals surface area (Å²) in [6.45, 7) is 3.95. The number of carbonyl (C=O) groups is 1. The minimum Gasteiger partial charge on any atom is -0.423 e. The lowest BCUT2D eigenvalue weighted by atomic mass is 10.0. The zero-order valence-corrected chi connectivity index (χ0v) is 16.7. The summed E-state index contributed by atoms with van der Waals surface area (Å²) in [6, 6.07) is 25.9. The lowest BCUT2D eigenvalue weighted by Gasteiger charge is -2.27. The quantitative estimate of drug-likeness (QED) is 0.357. The SMILES string of the molecule is O=C(Oc1ccc2ccccc2c1CN1CCOCC1)c1ccc2ccccc2c1. The van der Waals surface area contributed by atoms with Gasteiger partial charge in [0.05, 0.1) is 18.8 Å². The van der Waals surface area contributed by atoms with Crippen LogP contribution in [0.3, 0.4) is 0 Å². The van der Waals surface area contributed by atoms with Crippen molar-refractivity contribution >= 4 is 27.5 Å². The largest absolute Gasteiger partial charge is 0.423 e. The van der Waals surface area contributed by atoms with Crippen LogP contribution in [-0.4, -0.2) is 37.2 Å². The van der Waals surface area contributed by atoms with Crippen molar-refractivity contribution in [1.82, 2.24) is 4.90 Å². The fourth-order valence-corrected chi connectivity index (χ4v) is 4.03. The van der Waals surface area contributed by atoms with E-state index in [9.17, 15) is 4.79 Å². The lowest BCUT2D eigenvalue weighted by Crippen LogP contribution is -2.35. The van der Waals surface area contributed by atoms with Gasteiger partial charge in [-0.3, -0.25) is 4.90 Å². The van der Waals surface area contributed by atoms with Crippen LogP contribution < -0.4 is 4.74 Å². The van der Waals surface area contributed by atoms with E-state index in [1.165, 1.54) is 0 Å². The number of hydrogen-bond donors (Lipinski definition) is 0. The van der Waals surface area contributed by atoms with Crippen LogP contribution in [0, 0.1) is 0 Å². The maximum absolute atomic E-state index is 13.0. The molecule has 30 heavy (non-hydrogen) atoms. The van der Waals surface area contributed by atoms with Gasteiger partial charge in [-0.25, -0.2) is 4.79 Å². The van der Waals surface area contributed by atoms with Gasteiger partial charge in [0.2, 0.25) is 0 Å². The highest BCUT2D eigenvalue weighted by molar-refractivity contribution is 5.97. The van der Waals surface area contributed by atoms with Crippen LogP contribution in [0.1, 0.15) is 15.9 Å². The Bertz CT molecular complexity index is 1210. The van der Waals surface area contributed by atoms with Gasteiger partial charge in [-0.05, 0) is 39.7 Å². The zero-order valence-electron chi connectivity index (χ0n) is 16.7. The predicted molar refractivity (Wildman–Crippen MR) is 119 cm³/mol. The van der Waals surface area contributed by atoms with Crippen molar-refractivity contribution in [3.63, 3.8) is 0 Å². The van der Waals surface area contributed by atoms with Crippen molar-refractivity contribution in [2.75, 3.05) is 26.3 Å². The molecule has 0 aromatic heterocycles. The van der Waals surface area contributed by atoms with E-state index >= 15 is 0 Å². The number of ether oxygens (including phenoxy) is 2. The number of rotatable bonds is 4. The molecule has 4 aromatic rings. The van der Waals surface area contributed by atoms with Crippen LogP contribution in [0.2, 0.25) is 0 Å². The third kappa shape index (κ3) is 3.80. The predicted octanol–water partition coefficient (Wildman–Crippen LogP) is 5.04. The van der Waals surface area contributed by atoms with Crippen LogP contribution >= 0.6 is 0 Å². The third-order valence-electron chi connectivity index (χ3n) is 5.67. The molecular formula is C26H23NO3. The maximum atomic E-state index is 13.0. The van der Waals surface area contributed by atoms with Crippen molar-refractivity contribution in [1.29, 1.82) is 0 Å². The summed E-state index contributed by atoms with van der Waals surface area (Å²) in [6.07, 6.45) is 0. The molecule has 0 amide bonds. The summed E-state index contributed by atoms with van der Waals surface area (Å²) in [5.41, 5.74) is 1.60. The first-order valence-electron chi connectivity index (χ1n) is 10.3. The number of benzene rings is 4. The Balaban J connectivity index is 1.49. The first-order chi connectivity index (χ1) is 14.8. The van der Waals surface area contributed by atoms with Crippen molar-refractivity contribution in [2.45, 2.75) is 6.54 Å². The number of hydrogen-bond acceptors (Lipinski definition) is 4. The first kappa shape index (κ1) is 18.8. The number of morpholine rings is 1. The molecule has 0 saturated carbocycles. The molecule has 1 aliphatic rings. The average molecular weight is 397 g/mol. The zero-order chi connectivity index (χ0) is 20.3. The standard InChI is InChI=1S/C26H23NO3/c28-26(22-10-9-19-5-1-2-7-21(19)17-22)30-25-12-11-20-6-3-4-8-23(20)24(25)18-27-13-15-29-16-14-27/h1-12,17H,13-16,18H2. The molecule has 1 heterocycles. The van der Waals surface area contributed by atoms with Gasteiger partial charge in [-0.2, -0.15) is 0 Å². The van der Waals surface area contributed by atoms with Gasteiger partial charge in [0, 0.05) is 25.2 Å². The normalized spacial score (nSPS) is 14.8. The molecule has 4 aromatic carbocycles. The maximum Gasteiger partial charge on any atom is 0.343 e. The second-order valence-electron chi connectivity index (χ2n) is 7.60. The van der Waals surface area contributed by atoms with E-state index in [0.717, 1.165) is 60.0 Å². The molecule has 0 spiro atoms. The van der Waals surface area contributed by atoms with Gasteiger partial charge in [0.15, 0.2) is 0 Å². The third-order valence-corrected chi connectivity index (χ3v) is 5.67. The summed E-state index contributed by atoms with van der Waals surface area (Å²) >= 11 is 0. The van der Waals surface area contributed by atoms with Crippen LogP contribution in [-0.2, 0) is 11.3 Å². The number of carbonyl (C=O) groups excluding carboxylic acids is 1. The molecule has 5 rings (SSSR count). The molecule has 150 valence electrons. The van der Waals surface area contributed by atoms with Gasteiger partial charge >= 0.3 is 5.97 Å². The highest BCUT2D eigenvalue weighted by atomic mass is 16.5. The number of esters is 1. The second kappa shape index (κ2) is 8.27. The topological polar surface area (TPSA) is 38.8 Å². The van der Waals surface area contributed by atoms with Gasteiger partial charge in [0.25, 0.3) is 0 Å². The summed E-state index contributed by atoms with van der Waals surface area (Å²) in [5, 5.41) is 4.39. The summed E-state index contributed by atoms with van der Waals surface area (Å²) in [4.78, 5) is 15.3. The van der Waals surface area contributed by atoms with Crippen molar-refractivity contribution < 1.29 is 14.3 Å². The summed E-state index contributed by atoms with van der Waals surface area (Å²) < 4.78 is 11.4. The Morgan fingerprint density at radius 3 is 2.37 bits per heavy atom. The Morgan fingerprint density at radius 1 is 0.833 bits per heavy atom. The Morgan fingerprint density at radius 2 is 1.53 bits per heavy atom. The van der Waals surface area contributed by atoms with Gasteiger partial charge in [-0.15, -0.1) is 0 Å². The van der Waals surface area contributed by atoms with Crippen LogP contribution in [0.5, 0.6) is 5.75 Å². The molecule has 4 heteroatoms. The molecule has 1 saturated heterocycles. The van der Waals surface area contributed by atoms with Gasteiger partial charge < -0.3 is 9.47 Å². The van der Waals surface area contributed by atoms with E-state index in [4.69, 9.17) is 9.47 Å². The second-order valence-corrected chi connectivity index (χ2v) is 7.60. The number of fused-ring (bicyclic) bond motifs is 2. The van der Waals surface area contributed by atoms with E-state index in [2.05, 4.69) is 17.0 Å². The Labute approximate surface area is 175 Å². The van der Waals surface area contributed by atoms with Crippen LogP contribution in [0.25, 0.3) is 21.5 Å². The van der Waals surface area contributed by atoms with Gasteiger partial charge in [0.1, 0.15) is 5.75 Å².